The number of carboxylic acids is 1. The summed E-state index contributed by atoms with van der Waals surface area (Å²) in [5.41, 5.74) is 3.84. The van der Waals surface area contributed by atoms with E-state index in [0.29, 0.717) is 17.7 Å². The lowest BCUT2D eigenvalue weighted by Crippen LogP contribution is -2.22. The Morgan fingerprint density at radius 1 is 1.48 bits per heavy atom. The topological polar surface area (TPSA) is 73.1 Å². The van der Waals surface area contributed by atoms with Crippen LogP contribution in [0, 0.1) is 16.7 Å². The number of hydrogen-bond acceptors (Lipinski definition) is 5. The summed E-state index contributed by atoms with van der Waals surface area (Å²) in [4.78, 5) is 14.0. The van der Waals surface area contributed by atoms with E-state index in [2.05, 4.69) is 37.5 Å². The molecule has 0 saturated heterocycles. The minimum Gasteiger partial charge on any atom is -0.478 e. The van der Waals surface area contributed by atoms with Gasteiger partial charge in [0.2, 0.25) is 0 Å². The number of aryl methyl sites for hydroxylation is 1. The second-order valence-corrected chi connectivity index (χ2v) is 8.59. The zero-order valence-corrected chi connectivity index (χ0v) is 15.9. The molecule has 0 aliphatic heterocycles. The van der Waals surface area contributed by atoms with Crippen LogP contribution in [0.2, 0.25) is 0 Å². The van der Waals surface area contributed by atoms with E-state index in [4.69, 9.17) is 5.26 Å². The molecule has 0 saturated carbocycles. The maximum absolute atomic E-state index is 12.1. The Balaban J connectivity index is 2.21. The Morgan fingerprint density at radius 3 is 2.88 bits per heavy atom. The van der Waals surface area contributed by atoms with Gasteiger partial charge in [0, 0.05) is 16.3 Å². The van der Waals surface area contributed by atoms with E-state index in [9.17, 15) is 9.90 Å². The number of thiophene rings is 1. The Kier molecular flexibility index (Phi) is 4.92. The summed E-state index contributed by atoms with van der Waals surface area (Å²) in [5, 5.41) is 19.0. The number of rotatable bonds is 4. The van der Waals surface area contributed by atoms with Crippen LogP contribution in [-0.4, -0.2) is 11.1 Å². The number of nitrogens with zero attached hydrogens (tertiary/aromatic N) is 1. The van der Waals surface area contributed by atoms with Gasteiger partial charge >= 0.3 is 5.97 Å². The number of fused-ring (bicyclic) bond motifs is 1. The molecule has 1 heterocycles. The third-order valence-corrected chi connectivity index (χ3v) is 6.22. The third-order valence-electron chi connectivity index (χ3n) is 4.74. The van der Waals surface area contributed by atoms with Crippen molar-refractivity contribution >= 4 is 30.1 Å². The maximum Gasteiger partial charge on any atom is 0.337 e. The van der Waals surface area contributed by atoms with Gasteiger partial charge in [-0.05, 0) is 53.5 Å². The highest BCUT2D eigenvalue weighted by molar-refractivity contribution is 7.78. The highest BCUT2D eigenvalue weighted by Crippen LogP contribution is 2.45. The fourth-order valence-corrected chi connectivity index (χ4v) is 4.99. The van der Waals surface area contributed by atoms with Crippen LogP contribution in [0.3, 0.4) is 0 Å². The van der Waals surface area contributed by atoms with Gasteiger partial charge in [-0.15, -0.1) is 11.3 Å². The van der Waals surface area contributed by atoms with Crippen molar-refractivity contribution in [2.75, 3.05) is 0 Å². The molecular formula is C19H20N2O2S2. The summed E-state index contributed by atoms with van der Waals surface area (Å²) >= 11 is 5.65. The fraction of sp³-hybridized carbons (Fsp3) is 0.368. The normalized spacial score (nSPS) is 15.4. The van der Waals surface area contributed by atoms with Crippen molar-refractivity contribution in [2.45, 2.75) is 39.7 Å². The van der Waals surface area contributed by atoms with Crippen LogP contribution in [0.5, 0.6) is 0 Å². The summed E-state index contributed by atoms with van der Waals surface area (Å²) in [6.07, 6.45) is 2.78. The van der Waals surface area contributed by atoms with Crippen molar-refractivity contribution in [1.29, 1.82) is 5.26 Å². The highest BCUT2D eigenvalue weighted by atomic mass is 32.1. The first-order valence-corrected chi connectivity index (χ1v) is 9.41. The van der Waals surface area contributed by atoms with Gasteiger partial charge in [-0.25, -0.2) is 4.79 Å². The van der Waals surface area contributed by atoms with Crippen LogP contribution in [0.1, 0.15) is 52.2 Å². The van der Waals surface area contributed by atoms with Gasteiger partial charge in [0.05, 0.1) is 17.2 Å². The van der Waals surface area contributed by atoms with Crippen molar-refractivity contribution in [3.63, 3.8) is 0 Å². The van der Waals surface area contributed by atoms with E-state index in [-0.39, 0.29) is 5.41 Å². The number of hydrogen-bond donors (Lipinski definition) is 3. The first-order chi connectivity index (χ1) is 11.9. The van der Waals surface area contributed by atoms with Crippen LogP contribution in [0.4, 0.5) is 0 Å². The SMILES string of the molecule is CC1(C)CCc2sc(-c3ccc(C#N)cc3CNS)c(C(=O)O)c2C1. The molecule has 0 spiro atoms. The summed E-state index contributed by atoms with van der Waals surface area (Å²) < 4.78 is 2.81. The number of aromatic carboxylic acids is 1. The lowest BCUT2D eigenvalue weighted by molar-refractivity contribution is 0.0696. The molecule has 6 heteroatoms. The lowest BCUT2D eigenvalue weighted by atomic mass is 9.76. The van der Waals surface area contributed by atoms with Crippen LogP contribution in [-0.2, 0) is 19.4 Å². The molecule has 0 atom stereocenters. The quantitative estimate of drug-likeness (QED) is 0.694. The molecule has 0 radical (unpaired) electrons. The molecule has 0 amide bonds. The Hall–Kier alpha value is -1.81. The molecule has 0 fully saturated rings. The van der Waals surface area contributed by atoms with Crippen molar-refractivity contribution < 1.29 is 9.90 Å². The van der Waals surface area contributed by atoms with Gasteiger partial charge in [0.1, 0.15) is 0 Å². The van der Waals surface area contributed by atoms with E-state index in [0.717, 1.165) is 40.8 Å². The summed E-state index contributed by atoms with van der Waals surface area (Å²) in [5.74, 6) is -0.876. The molecule has 0 bridgehead atoms. The number of thiol groups is 1. The molecule has 130 valence electrons. The van der Waals surface area contributed by atoms with Gasteiger partial charge in [-0.2, -0.15) is 5.26 Å². The zero-order valence-electron chi connectivity index (χ0n) is 14.2. The summed E-state index contributed by atoms with van der Waals surface area (Å²) in [6, 6.07) is 7.53. The van der Waals surface area contributed by atoms with Gasteiger partial charge in [-0.1, -0.05) is 32.7 Å². The molecule has 4 nitrogen and oxygen atoms in total. The van der Waals surface area contributed by atoms with Crippen LogP contribution >= 0.6 is 24.2 Å². The van der Waals surface area contributed by atoms with Gasteiger partial charge in [0.15, 0.2) is 0 Å². The van der Waals surface area contributed by atoms with E-state index >= 15 is 0 Å². The van der Waals surface area contributed by atoms with Crippen molar-refractivity contribution in [2.24, 2.45) is 5.41 Å². The Labute approximate surface area is 157 Å². The lowest BCUT2D eigenvalue weighted by Gasteiger charge is -2.29. The predicted molar refractivity (Wildman–Crippen MR) is 103 cm³/mol. The largest absolute Gasteiger partial charge is 0.478 e. The Bertz CT molecular complexity index is 878. The molecule has 1 aromatic heterocycles. The molecular weight excluding hydrogens is 352 g/mol. The summed E-state index contributed by atoms with van der Waals surface area (Å²) in [6.45, 7) is 4.84. The predicted octanol–water partition coefficient (Wildman–Crippen LogP) is 4.43. The molecule has 1 aliphatic carbocycles. The molecule has 2 aromatic rings. The van der Waals surface area contributed by atoms with Crippen LogP contribution in [0.25, 0.3) is 10.4 Å². The Morgan fingerprint density at radius 2 is 2.24 bits per heavy atom. The van der Waals surface area contributed by atoms with Gasteiger partial charge in [0.25, 0.3) is 0 Å². The molecule has 25 heavy (non-hydrogen) atoms. The average molecular weight is 373 g/mol. The number of nitriles is 1. The van der Waals surface area contributed by atoms with E-state index in [1.54, 1.807) is 23.5 Å². The number of carbonyl (C=O) groups is 1. The monoisotopic (exact) mass is 372 g/mol. The number of benzene rings is 1. The van der Waals surface area contributed by atoms with E-state index in [1.807, 2.05) is 6.07 Å². The first kappa shape index (κ1) is 18.0. The maximum atomic E-state index is 12.1. The fourth-order valence-electron chi connectivity index (χ4n) is 3.45. The molecule has 1 aliphatic rings. The van der Waals surface area contributed by atoms with Crippen molar-refractivity contribution in [1.82, 2.24) is 4.72 Å². The molecule has 2 N–H and O–H groups in total. The minimum absolute atomic E-state index is 0.121. The highest BCUT2D eigenvalue weighted by Gasteiger charge is 2.33. The zero-order chi connectivity index (χ0) is 18.2. The van der Waals surface area contributed by atoms with Crippen molar-refractivity contribution in [3.05, 3.63) is 45.3 Å². The number of nitrogens with one attached hydrogen (secondary N) is 1. The average Bonchev–Trinajstić information content (AvgIpc) is 2.92. The molecule has 1 aromatic carbocycles. The molecule has 0 unspecified atom stereocenters. The summed E-state index contributed by atoms with van der Waals surface area (Å²) in [7, 11) is 0. The second kappa shape index (κ2) is 6.83. The van der Waals surface area contributed by atoms with Crippen LogP contribution in [0.15, 0.2) is 18.2 Å². The van der Waals surface area contributed by atoms with Crippen molar-refractivity contribution in [3.8, 4) is 16.5 Å². The first-order valence-electron chi connectivity index (χ1n) is 8.14. The number of carboxylic acid groups (broad SMARTS) is 1. The minimum atomic E-state index is -0.876. The van der Waals surface area contributed by atoms with E-state index in [1.165, 1.54) is 4.88 Å². The second-order valence-electron chi connectivity index (χ2n) is 7.17. The standard InChI is InChI=1S/C19H20N2O2S2/c1-19(2)6-5-15-14(8-19)16(18(22)23)17(25-15)13-4-3-11(9-20)7-12(13)10-21-24/h3-4,7,21,24H,5-6,8,10H2,1-2H3,(H,22,23). The smallest absolute Gasteiger partial charge is 0.337 e. The molecule has 3 rings (SSSR count). The third kappa shape index (κ3) is 3.45. The van der Waals surface area contributed by atoms with Crippen LogP contribution < -0.4 is 4.72 Å². The van der Waals surface area contributed by atoms with Gasteiger partial charge in [-0.3, -0.25) is 4.72 Å². The van der Waals surface area contributed by atoms with E-state index < -0.39 is 5.97 Å². The van der Waals surface area contributed by atoms with Gasteiger partial charge < -0.3 is 5.11 Å².